The van der Waals surface area contributed by atoms with Crippen molar-refractivity contribution in [3.8, 4) is 5.75 Å². The molecule has 0 saturated carbocycles. The van der Waals surface area contributed by atoms with E-state index in [1.807, 2.05) is 11.4 Å². The Kier molecular flexibility index (Phi) is 14.9. The van der Waals surface area contributed by atoms with Crippen molar-refractivity contribution in [3.05, 3.63) is 86.0 Å². The Morgan fingerprint density at radius 2 is 1.49 bits per heavy atom. The van der Waals surface area contributed by atoms with Gasteiger partial charge in [-0.05, 0) is 86.0 Å². The van der Waals surface area contributed by atoms with E-state index in [0.717, 1.165) is 9.40 Å². The molecular formula is C34H40Cl2N8O5S2. The topological polar surface area (TPSA) is 230 Å². The van der Waals surface area contributed by atoms with Gasteiger partial charge in [0.15, 0.2) is 5.96 Å². The number of primary amides is 1. The Morgan fingerprint density at radius 3 is 2.14 bits per heavy atom. The average molecular weight is 776 g/mol. The van der Waals surface area contributed by atoms with Gasteiger partial charge in [0.05, 0.1) is 4.88 Å². The van der Waals surface area contributed by atoms with E-state index in [1.54, 1.807) is 48.5 Å². The molecule has 3 atom stereocenters. The number of unbranched alkanes of at least 4 members (excludes halogenated alkanes) is 1. The fraction of sp³-hybridized carbons (Fsp3) is 0.324. The maximum absolute atomic E-state index is 13.7. The van der Waals surface area contributed by atoms with Gasteiger partial charge in [0.25, 0.3) is 5.91 Å². The smallest absolute Gasteiger partial charge is 0.262 e. The molecule has 0 aliphatic carbocycles. The van der Waals surface area contributed by atoms with Gasteiger partial charge in [-0.1, -0.05) is 41.4 Å². The van der Waals surface area contributed by atoms with Crippen LogP contribution in [-0.4, -0.2) is 54.8 Å². The highest BCUT2D eigenvalue weighted by Gasteiger charge is 2.30. The van der Waals surface area contributed by atoms with E-state index in [0.29, 0.717) is 57.6 Å². The number of benzene rings is 2. The maximum Gasteiger partial charge on any atom is 0.262 e. The predicted octanol–water partition coefficient (Wildman–Crippen LogP) is 3.96. The van der Waals surface area contributed by atoms with E-state index < -0.39 is 41.8 Å². The first-order valence-electron chi connectivity index (χ1n) is 16.1. The second kappa shape index (κ2) is 19.3. The van der Waals surface area contributed by atoms with Crippen molar-refractivity contribution in [1.82, 2.24) is 16.0 Å². The molecule has 13 nitrogen and oxygen atoms in total. The zero-order chi connectivity index (χ0) is 36.9. The summed E-state index contributed by atoms with van der Waals surface area (Å²) < 4.78 is 7.75. The molecule has 4 rings (SSSR count). The first-order valence-corrected chi connectivity index (χ1v) is 18.5. The molecule has 0 saturated heterocycles. The summed E-state index contributed by atoms with van der Waals surface area (Å²) in [4.78, 5) is 57.6. The Morgan fingerprint density at radius 1 is 0.824 bits per heavy atom. The summed E-state index contributed by atoms with van der Waals surface area (Å²) in [5, 5.41) is 11.1. The van der Waals surface area contributed by atoms with Crippen molar-refractivity contribution in [1.29, 1.82) is 0 Å². The molecule has 0 aliphatic rings. The summed E-state index contributed by atoms with van der Waals surface area (Å²) in [5.74, 6) is -2.09. The minimum absolute atomic E-state index is 0.0940. The second-order valence-corrected chi connectivity index (χ2v) is 14.3. The molecule has 2 heterocycles. The van der Waals surface area contributed by atoms with Crippen molar-refractivity contribution in [3.63, 3.8) is 0 Å². The molecule has 0 aliphatic heterocycles. The number of fused-ring (bicyclic) bond motifs is 1. The third kappa shape index (κ3) is 11.6. The Hall–Kier alpha value is -4.41. The van der Waals surface area contributed by atoms with Gasteiger partial charge in [0.2, 0.25) is 17.7 Å². The first kappa shape index (κ1) is 39.4. The third-order valence-electron chi connectivity index (χ3n) is 7.74. The highest BCUT2D eigenvalue weighted by molar-refractivity contribution is 7.27. The number of amides is 4. The van der Waals surface area contributed by atoms with Crippen molar-refractivity contribution in [2.24, 2.45) is 27.9 Å². The molecule has 2 aromatic carbocycles. The molecule has 51 heavy (non-hydrogen) atoms. The van der Waals surface area contributed by atoms with Gasteiger partial charge in [-0.15, -0.1) is 22.7 Å². The van der Waals surface area contributed by atoms with E-state index in [2.05, 4.69) is 20.9 Å². The van der Waals surface area contributed by atoms with Crippen LogP contribution in [-0.2, 0) is 21.0 Å². The van der Waals surface area contributed by atoms with E-state index in [4.69, 9.17) is 50.9 Å². The zero-order valence-corrected chi connectivity index (χ0v) is 30.7. The fourth-order valence-electron chi connectivity index (χ4n) is 5.06. The van der Waals surface area contributed by atoms with E-state index in [-0.39, 0.29) is 32.0 Å². The fourth-order valence-corrected chi connectivity index (χ4v) is 7.58. The average Bonchev–Trinajstić information content (AvgIpc) is 3.71. The molecule has 272 valence electrons. The molecule has 4 aromatic rings. The largest absolute Gasteiger partial charge is 0.489 e. The summed E-state index contributed by atoms with van der Waals surface area (Å²) in [6, 6.07) is 12.0. The van der Waals surface area contributed by atoms with Gasteiger partial charge in [0, 0.05) is 31.6 Å². The number of aliphatic imine (C=N–C) groups is 1. The highest BCUT2D eigenvalue weighted by Crippen LogP contribution is 2.30. The van der Waals surface area contributed by atoms with Gasteiger partial charge in [-0.3, -0.25) is 24.2 Å². The van der Waals surface area contributed by atoms with Gasteiger partial charge >= 0.3 is 0 Å². The monoisotopic (exact) mass is 774 g/mol. The van der Waals surface area contributed by atoms with Gasteiger partial charge in [0.1, 0.15) is 30.5 Å². The molecule has 4 amide bonds. The summed E-state index contributed by atoms with van der Waals surface area (Å²) in [6.45, 7) is 0.722. The molecule has 0 bridgehead atoms. The SMILES string of the molecule is NCCCC[C@H](NC(=O)[C@H](CCCN=C(N)N)NC(=O)c1cc2sccc2s1)C(=O)N[C@@H](C(N)=O)c1ccc(OCc2c(Cl)cccc2Cl)cc1. The van der Waals surface area contributed by atoms with Crippen LogP contribution in [0.2, 0.25) is 10.0 Å². The zero-order valence-electron chi connectivity index (χ0n) is 27.5. The summed E-state index contributed by atoms with van der Waals surface area (Å²) in [5.41, 5.74) is 23.3. The highest BCUT2D eigenvalue weighted by atomic mass is 35.5. The number of nitrogens with zero attached hydrogens (tertiary/aromatic N) is 1. The summed E-state index contributed by atoms with van der Waals surface area (Å²) in [7, 11) is 0. The molecule has 0 unspecified atom stereocenters. The molecular weight excluding hydrogens is 735 g/mol. The molecule has 0 fully saturated rings. The van der Waals surface area contributed by atoms with Crippen LogP contribution >= 0.6 is 45.9 Å². The predicted molar refractivity (Wildman–Crippen MR) is 203 cm³/mol. The number of carbonyl (C=O) groups is 4. The lowest BCUT2D eigenvalue weighted by Crippen LogP contribution is -2.54. The van der Waals surface area contributed by atoms with Crippen LogP contribution in [0, 0.1) is 0 Å². The lowest BCUT2D eigenvalue weighted by atomic mass is 10.0. The number of carbonyl (C=O) groups excluding carboxylic acids is 4. The van der Waals surface area contributed by atoms with Crippen LogP contribution in [0.25, 0.3) is 9.40 Å². The van der Waals surface area contributed by atoms with E-state index >= 15 is 0 Å². The molecule has 2 aromatic heterocycles. The van der Waals surface area contributed by atoms with Crippen LogP contribution in [0.4, 0.5) is 0 Å². The lowest BCUT2D eigenvalue weighted by molar-refractivity contribution is -0.132. The number of hydrogen-bond acceptors (Lipinski definition) is 9. The molecule has 0 spiro atoms. The second-order valence-electron chi connectivity index (χ2n) is 11.5. The summed E-state index contributed by atoms with van der Waals surface area (Å²) in [6.07, 6.45) is 1.87. The normalized spacial score (nSPS) is 12.8. The van der Waals surface area contributed by atoms with Crippen LogP contribution in [0.3, 0.4) is 0 Å². The molecule has 11 N–H and O–H groups in total. The first-order chi connectivity index (χ1) is 24.5. The molecule has 17 heteroatoms. The Labute approximate surface area is 313 Å². The number of ether oxygens (including phenoxy) is 1. The van der Waals surface area contributed by atoms with Crippen molar-refractivity contribution < 1.29 is 23.9 Å². The number of guanidine groups is 1. The Bertz CT molecular complexity index is 1800. The number of rotatable bonds is 19. The number of nitrogens with two attached hydrogens (primary N) is 4. The minimum Gasteiger partial charge on any atom is -0.489 e. The van der Waals surface area contributed by atoms with Crippen LogP contribution < -0.4 is 43.6 Å². The van der Waals surface area contributed by atoms with Crippen LogP contribution in [0.1, 0.15) is 58.9 Å². The van der Waals surface area contributed by atoms with Crippen LogP contribution in [0.15, 0.2) is 65.0 Å². The molecule has 0 radical (unpaired) electrons. The third-order valence-corrected chi connectivity index (χ3v) is 10.5. The van der Waals surface area contributed by atoms with Gasteiger partial charge in [-0.25, -0.2) is 0 Å². The number of nitrogens with one attached hydrogen (secondary N) is 3. The van der Waals surface area contributed by atoms with Gasteiger partial charge in [-0.2, -0.15) is 0 Å². The van der Waals surface area contributed by atoms with Gasteiger partial charge < -0.3 is 43.6 Å². The number of halogens is 2. The maximum atomic E-state index is 13.7. The van der Waals surface area contributed by atoms with E-state index in [1.165, 1.54) is 22.7 Å². The standard InChI is InChI=1S/C34H40Cl2N8O5S2/c35-22-5-3-6-23(36)21(22)18-49-20-11-9-19(10-12-20)29(30(38)45)44-32(47)24(7-1-2-14-37)42-31(46)25(8-4-15-41-34(39)40)43-33(48)28-17-27-26(51-28)13-16-50-27/h3,5-6,9-13,16-17,24-25,29H,1-2,4,7-8,14-15,18,37H2,(H2,38,45)(H,42,46)(H,43,48)(H,44,47)(H4,39,40,41)/t24-,25-,29+/m0/s1. The Balaban J connectivity index is 1.46. The lowest BCUT2D eigenvalue weighted by Gasteiger charge is -2.25. The van der Waals surface area contributed by atoms with Crippen LogP contribution in [0.5, 0.6) is 5.75 Å². The quantitative estimate of drug-likeness (QED) is 0.0418. The van der Waals surface area contributed by atoms with Crippen molar-refractivity contribution >= 4 is 84.9 Å². The number of hydrogen-bond donors (Lipinski definition) is 7. The number of thiophene rings is 2. The van der Waals surface area contributed by atoms with Crippen molar-refractivity contribution in [2.45, 2.75) is 56.8 Å². The summed E-state index contributed by atoms with van der Waals surface area (Å²) >= 11 is 15.3. The van der Waals surface area contributed by atoms with E-state index in [9.17, 15) is 19.2 Å². The minimum atomic E-state index is -1.22. The van der Waals surface area contributed by atoms with Crippen molar-refractivity contribution in [2.75, 3.05) is 13.1 Å².